The highest BCUT2D eigenvalue weighted by molar-refractivity contribution is 5.96. The molecule has 1 saturated heterocycles. The summed E-state index contributed by atoms with van der Waals surface area (Å²) >= 11 is 0. The Morgan fingerprint density at radius 1 is 1.07 bits per heavy atom. The van der Waals surface area contributed by atoms with Crippen LogP contribution in [0.3, 0.4) is 0 Å². The minimum Gasteiger partial charge on any atom is -0.481 e. The molecule has 8 atom stereocenters. The molecule has 4 fully saturated rings. The van der Waals surface area contributed by atoms with Gasteiger partial charge in [0.15, 0.2) is 6.61 Å². The predicted molar refractivity (Wildman–Crippen MR) is 153 cm³/mol. The summed E-state index contributed by atoms with van der Waals surface area (Å²) in [5.41, 5.74) is 1.66. The molecule has 1 heterocycles. The summed E-state index contributed by atoms with van der Waals surface area (Å²) < 4.78 is 5.77. The zero-order chi connectivity index (χ0) is 28.9. The summed E-state index contributed by atoms with van der Waals surface area (Å²) in [5, 5.41) is 27.8. The van der Waals surface area contributed by atoms with E-state index < -0.39 is 17.6 Å². The molecule has 8 nitrogen and oxygen atoms in total. The highest BCUT2D eigenvalue weighted by Gasteiger charge is 2.62. The van der Waals surface area contributed by atoms with E-state index in [0.717, 1.165) is 50.7 Å². The minimum absolute atomic E-state index is 0.0336. The van der Waals surface area contributed by atoms with E-state index in [9.17, 15) is 19.8 Å². The van der Waals surface area contributed by atoms with E-state index in [0.29, 0.717) is 30.8 Å². The van der Waals surface area contributed by atoms with Gasteiger partial charge in [0, 0.05) is 12.6 Å². The molecular formula is C32H50N2O6. The van der Waals surface area contributed by atoms with Crippen molar-refractivity contribution in [3.8, 4) is 0 Å². The summed E-state index contributed by atoms with van der Waals surface area (Å²) in [5.74, 6) is 0.699. The summed E-state index contributed by atoms with van der Waals surface area (Å²) in [6, 6.07) is -0.460. The first kappa shape index (κ1) is 29.6. The smallest absolute Gasteiger partial charge is 0.305 e. The quantitative estimate of drug-likeness (QED) is 0.368. The van der Waals surface area contributed by atoms with Gasteiger partial charge in [0.1, 0.15) is 0 Å². The average Bonchev–Trinajstić information content (AvgIpc) is 3.11. The standard InChI is InChI=1S/C32H50N2O6/c1-29(2)18-20(11-15-39-29)26(17-28(36)37)33-27(35)19-40-34-22-8-12-30(3)21(16-22)6-7-23-24(30)9-13-31(4)25(23)10-14-32(31,5)38/h16,20,23-26,38H,6-15,17-19H2,1-5H3,(H,33,35)(H,36,37). The van der Waals surface area contributed by atoms with Gasteiger partial charge in [-0.15, -0.1) is 0 Å². The molecule has 3 saturated carbocycles. The van der Waals surface area contributed by atoms with Crippen molar-refractivity contribution >= 4 is 17.6 Å². The first-order chi connectivity index (χ1) is 18.7. The molecule has 5 rings (SSSR count). The van der Waals surface area contributed by atoms with Crippen molar-refractivity contribution in [1.82, 2.24) is 5.32 Å². The molecule has 4 aliphatic carbocycles. The summed E-state index contributed by atoms with van der Waals surface area (Å²) in [6.07, 6.45) is 11.9. The number of allylic oxidation sites excluding steroid dienone is 2. The highest BCUT2D eigenvalue weighted by Crippen LogP contribution is 2.67. The van der Waals surface area contributed by atoms with Crippen molar-refractivity contribution in [3.63, 3.8) is 0 Å². The van der Waals surface area contributed by atoms with Gasteiger partial charge < -0.3 is 25.1 Å². The largest absolute Gasteiger partial charge is 0.481 e. The van der Waals surface area contributed by atoms with E-state index in [-0.39, 0.29) is 41.3 Å². The van der Waals surface area contributed by atoms with Crippen molar-refractivity contribution < 1.29 is 29.4 Å². The summed E-state index contributed by atoms with van der Waals surface area (Å²) in [7, 11) is 0. The number of carbonyl (C=O) groups excluding carboxylic acids is 1. The van der Waals surface area contributed by atoms with Crippen LogP contribution >= 0.6 is 0 Å². The molecule has 0 spiro atoms. The third-order valence-corrected chi connectivity index (χ3v) is 12.0. The van der Waals surface area contributed by atoms with Gasteiger partial charge in [0.25, 0.3) is 5.91 Å². The van der Waals surface area contributed by atoms with E-state index in [4.69, 9.17) is 9.57 Å². The third-order valence-electron chi connectivity index (χ3n) is 12.0. The Kier molecular flexibility index (Phi) is 7.92. The Labute approximate surface area is 239 Å². The van der Waals surface area contributed by atoms with Crippen LogP contribution in [0.1, 0.15) is 105 Å². The van der Waals surface area contributed by atoms with Gasteiger partial charge >= 0.3 is 5.97 Å². The molecule has 0 aromatic carbocycles. The lowest BCUT2D eigenvalue weighted by Crippen LogP contribution is -2.53. The van der Waals surface area contributed by atoms with Crippen molar-refractivity contribution in [2.24, 2.45) is 39.7 Å². The molecular weight excluding hydrogens is 508 g/mol. The van der Waals surface area contributed by atoms with E-state index >= 15 is 0 Å². The number of nitrogens with zero attached hydrogens (tertiary/aromatic N) is 1. The zero-order valence-electron chi connectivity index (χ0n) is 25.1. The fourth-order valence-corrected chi connectivity index (χ4v) is 9.45. The van der Waals surface area contributed by atoms with Crippen LogP contribution in [0.4, 0.5) is 0 Å². The van der Waals surface area contributed by atoms with E-state index in [1.165, 1.54) is 18.4 Å². The van der Waals surface area contributed by atoms with Gasteiger partial charge in [-0.25, -0.2) is 0 Å². The normalized spacial score (nSPS) is 42.1. The first-order valence-corrected chi connectivity index (χ1v) is 15.5. The molecule has 8 unspecified atom stereocenters. The summed E-state index contributed by atoms with van der Waals surface area (Å²) in [4.78, 5) is 29.7. The fraction of sp³-hybridized carbons (Fsp3) is 0.844. The highest BCUT2D eigenvalue weighted by atomic mass is 16.6. The third kappa shape index (κ3) is 5.47. The number of ether oxygens (including phenoxy) is 1. The van der Waals surface area contributed by atoms with E-state index in [1.807, 2.05) is 13.8 Å². The number of aliphatic hydroxyl groups is 1. The average molecular weight is 559 g/mol. The van der Waals surface area contributed by atoms with Gasteiger partial charge in [-0.2, -0.15) is 0 Å². The number of aliphatic carboxylic acids is 1. The number of hydrogen-bond acceptors (Lipinski definition) is 6. The second kappa shape index (κ2) is 10.7. The first-order valence-electron chi connectivity index (χ1n) is 15.5. The predicted octanol–water partition coefficient (Wildman–Crippen LogP) is 5.24. The monoisotopic (exact) mass is 558 g/mol. The molecule has 0 aromatic heterocycles. The topological polar surface area (TPSA) is 117 Å². The Morgan fingerprint density at radius 2 is 1.82 bits per heavy atom. The SMILES string of the molecule is CC1(C)CC(C(CC(=O)O)NC(=O)CON=C2C=C3CCC4C(CCC5(C)C4CCC5(C)O)C3(C)CC2)CCO1. The fourth-order valence-electron chi connectivity index (χ4n) is 9.45. The number of oxime groups is 1. The lowest BCUT2D eigenvalue weighted by atomic mass is 9.46. The molecule has 40 heavy (non-hydrogen) atoms. The van der Waals surface area contributed by atoms with Gasteiger partial charge in [0.05, 0.1) is 23.3 Å². The molecule has 1 amide bonds. The Morgan fingerprint density at radius 3 is 2.55 bits per heavy atom. The van der Waals surface area contributed by atoms with Crippen LogP contribution in [-0.4, -0.2) is 58.3 Å². The van der Waals surface area contributed by atoms with Crippen LogP contribution in [0.5, 0.6) is 0 Å². The second-order valence-electron chi connectivity index (χ2n) is 14.8. The molecule has 8 heteroatoms. The molecule has 5 aliphatic rings. The number of carboxylic acids is 1. The van der Waals surface area contributed by atoms with Crippen molar-refractivity contribution in [2.75, 3.05) is 13.2 Å². The van der Waals surface area contributed by atoms with Gasteiger partial charge in [0.2, 0.25) is 0 Å². The number of nitrogens with one attached hydrogen (secondary N) is 1. The maximum absolute atomic E-state index is 12.7. The number of rotatable bonds is 7. The van der Waals surface area contributed by atoms with Crippen LogP contribution in [0.2, 0.25) is 0 Å². The van der Waals surface area contributed by atoms with E-state index in [2.05, 4.69) is 37.3 Å². The molecule has 224 valence electrons. The zero-order valence-corrected chi connectivity index (χ0v) is 25.1. The second-order valence-corrected chi connectivity index (χ2v) is 14.8. The number of carboxylic acid groups (broad SMARTS) is 1. The number of amides is 1. The van der Waals surface area contributed by atoms with Crippen LogP contribution in [-0.2, 0) is 19.2 Å². The number of carbonyl (C=O) groups is 2. The molecule has 0 radical (unpaired) electrons. The molecule has 3 N–H and O–H groups in total. The molecule has 0 aromatic rings. The molecule has 1 aliphatic heterocycles. The van der Waals surface area contributed by atoms with Crippen LogP contribution < -0.4 is 5.32 Å². The maximum Gasteiger partial charge on any atom is 0.305 e. The van der Waals surface area contributed by atoms with Crippen molar-refractivity contribution in [3.05, 3.63) is 11.6 Å². The minimum atomic E-state index is -0.928. The van der Waals surface area contributed by atoms with Crippen LogP contribution in [0.15, 0.2) is 16.8 Å². The Balaban J connectivity index is 1.19. The van der Waals surface area contributed by atoms with Crippen molar-refractivity contribution in [1.29, 1.82) is 0 Å². The lowest BCUT2D eigenvalue weighted by Gasteiger charge is -2.59. The van der Waals surface area contributed by atoms with Gasteiger partial charge in [-0.05, 0) is 126 Å². The van der Waals surface area contributed by atoms with Crippen LogP contribution in [0, 0.1) is 34.5 Å². The maximum atomic E-state index is 12.7. The number of fused-ring (bicyclic) bond motifs is 5. The Bertz CT molecular complexity index is 1070. The summed E-state index contributed by atoms with van der Waals surface area (Å²) in [6.45, 7) is 11.2. The van der Waals surface area contributed by atoms with Crippen molar-refractivity contribution in [2.45, 2.75) is 122 Å². The van der Waals surface area contributed by atoms with Gasteiger partial charge in [-0.1, -0.05) is 24.6 Å². The number of hydrogen-bond donors (Lipinski definition) is 3. The van der Waals surface area contributed by atoms with E-state index in [1.54, 1.807) is 0 Å². The Hall–Kier alpha value is -1.93. The van der Waals surface area contributed by atoms with Gasteiger partial charge in [-0.3, -0.25) is 9.59 Å². The van der Waals surface area contributed by atoms with Crippen LogP contribution in [0.25, 0.3) is 0 Å². The lowest BCUT2D eigenvalue weighted by molar-refractivity contribution is -0.139. The molecule has 0 bridgehead atoms.